The van der Waals surface area contributed by atoms with E-state index in [1.807, 2.05) is 19.9 Å². The highest BCUT2D eigenvalue weighted by Crippen LogP contribution is 2.14. The van der Waals surface area contributed by atoms with E-state index in [0.717, 1.165) is 22.2 Å². The van der Waals surface area contributed by atoms with E-state index in [-0.39, 0.29) is 5.78 Å². The van der Waals surface area contributed by atoms with Gasteiger partial charge in [0.05, 0.1) is 0 Å². The van der Waals surface area contributed by atoms with Crippen LogP contribution in [0.1, 0.15) is 43.4 Å². The van der Waals surface area contributed by atoms with Gasteiger partial charge in [-0.15, -0.1) is 0 Å². The number of allylic oxidation sites excluding steroid dienone is 2. The Hall–Kier alpha value is -1.24. The molecule has 0 aliphatic rings. The van der Waals surface area contributed by atoms with Crippen molar-refractivity contribution in [1.82, 2.24) is 0 Å². The van der Waals surface area contributed by atoms with Crippen molar-refractivity contribution in [3.05, 3.63) is 34.9 Å². The molecule has 0 heterocycles. The summed E-state index contributed by atoms with van der Waals surface area (Å²) in [6.45, 7) is 7.90. The Balaban J connectivity index is 3.24. The van der Waals surface area contributed by atoms with E-state index in [1.165, 1.54) is 0 Å². The fourth-order valence-corrected chi connectivity index (χ4v) is 2.00. The van der Waals surface area contributed by atoms with Crippen LogP contribution in [0.2, 0.25) is 0 Å². The van der Waals surface area contributed by atoms with E-state index in [4.69, 9.17) is 15.7 Å². The zero-order valence-corrected chi connectivity index (χ0v) is 11.6. The van der Waals surface area contributed by atoms with Gasteiger partial charge in [0.1, 0.15) is 15.7 Å². The largest absolute Gasteiger partial charge is 0.295 e. The average Bonchev–Trinajstić information content (AvgIpc) is 2.30. The molecule has 0 aliphatic heterocycles. The summed E-state index contributed by atoms with van der Waals surface area (Å²) in [5.74, 6) is 0.378. The van der Waals surface area contributed by atoms with Crippen LogP contribution in [0.3, 0.4) is 0 Å². The Morgan fingerprint density at radius 2 is 1.94 bits per heavy atom. The van der Waals surface area contributed by atoms with E-state index in [9.17, 15) is 4.79 Å². The van der Waals surface area contributed by atoms with Crippen molar-refractivity contribution in [1.29, 1.82) is 0 Å². The minimum absolute atomic E-state index is 0.0584. The SMILES string of the molecule is [B]c1c(CC(=O)/C=C/C)cc(C(C)C)c([B])c1C. The molecule has 0 amide bonds. The number of ketones is 1. The van der Waals surface area contributed by atoms with Crippen LogP contribution in [-0.2, 0) is 11.2 Å². The van der Waals surface area contributed by atoms with Gasteiger partial charge >= 0.3 is 0 Å². The molecule has 0 aromatic heterocycles. The Kier molecular flexibility index (Phi) is 5.01. The highest BCUT2D eigenvalue weighted by atomic mass is 16.1. The maximum atomic E-state index is 11.7. The maximum absolute atomic E-state index is 11.7. The van der Waals surface area contributed by atoms with E-state index >= 15 is 0 Å². The van der Waals surface area contributed by atoms with Crippen molar-refractivity contribution in [3.63, 3.8) is 0 Å². The molecule has 0 bridgehead atoms. The van der Waals surface area contributed by atoms with E-state index < -0.39 is 0 Å². The number of hydrogen-bond acceptors (Lipinski definition) is 1. The van der Waals surface area contributed by atoms with Crippen molar-refractivity contribution >= 4 is 32.4 Å². The Labute approximate surface area is 112 Å². The highest BCUT2D eigenvalue weighted by Gasteiger charge is 2.12. The monoisotopic (exact) mass is 236 g/mol. The zero-order valence-electron chi connectivity index (χ0n) is 11.6. The van der Waals surface area contributed by atoms with E-state index in [2.05, 4.69) is 13.8 Å². The minimum atomic E-state index is 0.0584. The van der Waals surface area contributed by atoms with Crippen molar-refractivity contribution < 1.29 is 4.79 Å². The molecule has 1 rings (SSSR count). The second kappa shape index (κ2) is 6.08. The summed E-state index contributed by atoms with van der Waals surface area (Å²) < 4.78 is 0. The first-order valence-corrected chi connectivity index (χ1v) is 6.21. The van der Waals surface area contributed by atoms with Crippen molar-refractivity contribution in [2.75, 3.05) is 0 Å². The fourth-order valence-electron chi connectivity index (χ4n) is 2.00. The van der Waals surface area contributed by atoms with E-state index in [0.29, 0.717) is 17.8 Å². The van der Waals surface area contributed by atoms with Gasteiger partial charge in [0.2, 0.25) is 0 Å². The maximum Gasteiger partial charge on any atom is 0.159 e. The van der Waals surface area contributed by atoms with Gasteiger partial charge in [0.15, 0.2) is 5.78 Å². The lowest BCUT2D eigenvalue weighted by atomic mass is 9.73. The summed E-state index contributed by atoms with van der Waals surface area (Å²) >= 11 is 0. The number of carbonyl (C=O) groups is 1. The normalized spacial score (nSPS) is 11.4. The quantitative estimate of drug-likeness (QED) is 0.570. The minimum Gasteiger partial charge on any atom is -0.295 e. The third-order valence-electron chi connectivity index (χ3n) is 3.13. The Bertz CT molecular complexity index is 488. The highest BCUT2D eigenvalue weighted by molar-refractivity contribution is 6.41. The molecule has 0 spiro atoms. The van der Waals surface area contributed by atoms with Crippen LogP contribution in [0.25, 0.3) is 0 Å². The molecule has 18 heavy (non-hydrogen) atoms. The van der Waals surface area contributed by atoms with Gasteiger partial charge in [0.25, 0.3) is 0 Å². The third kappa shape index (κ3) is 3.16. The number of hydrogen-bond donors (Lipinski definition) is 0. The first kappa shape index (κ1) is 14.8. The first-order chi connectivity index (χ1) is 8.38. The first-order valence-electron chi connectivity index (χ1n) is 6.21. The summed E-state index contributed by atoms with van der Waals surface area (Å²) in [6.07, 6.45) is 3.64. The van der Waals surface area contributed by atoms with Crippen molar-refractivity contribution in [2.24, 2.45) is 0 Å². The molecule has 0 saturated heterocycles. The molecule has 0 atom stereocenters. The Morgan fingerprint density at radius 3 is 2.44 bits per heavy atom. The molecule has 1 aromatic carbocycles. The van der Waals surface area contributed by atoms with Crippen LogP contribution in [0.15, 0.2) is 18.2 Å². The van der Waals surface area contributed by atoms with Crippen LogP contribution in [0, 0.1) is 6.92 Å². The van der Waals surface area contributed by atoms with Gasteiger partial charge in [0, 0.05) is 6.42 Å². The number of rotatable bonds is 4. The summed E-state index contributed by atoms with van der Waals surface area (Å²) in [4.78, 5) is 11.7. The van der Waals surface area contributed by atoms with Gasteiger partial charge in [-0.1, -0.05) is 48.0 Å². The van der Waals surface area contributed by atoms with Gasteiger partial charge < -0.3 is 0 Å². The van der Waals surface area contributed by atoms with Crippen LogP contribution >= 0.6 is 0 Å². The molecule has 0 N–H and O–H groups in total. The molecule has 4 radical (unpaired) electrons. The van der Waals surface area contributed by atoms with Crippen LogP contribution in [-0.4, -0.2) is 21.5 Å². The summed E-state index contributed by atoms with van der Waals surface area (Å²) in [6, 6.07) is 1.96. The third-order valence-corrected chi connectivity index (χ3v) is 3.13. The molecule has 1 nitrogen and oxygen atoms in total. The lowest BCUT2D eigenvalue weighted by Crippen LogP contribution is -2.28. The smallest absolute Gasteiger partial charge is 0.159 e. The molecule has 3 heteroatoms. The number of carbonyl (C=O) groups excluding carboxylic acids is 1. The fraction of sp³-hybridized carbons (Fsp3) is 0.400. The summed E-state index contributed by atoms with van der Waals surface area (Å²) in [7, 11) is 12.1. The number of benzene rings is 1. The van der Waals surface area contributed by atoms with Crippen molar-refractivity contribution in [3.8, 4) is 0 Å². The Morgan fingerprint density at radius 1 is 1.33 bits per heavy atom. The standard InChI is InChI=1S/C15H18B2O/c1-5-6-12(18)7-11-8-13(9(2)3)15(17)10(4)14(11)16/h5-6,8-9H,7H2,1-4H3/b6-5+. The average molecular weight is 236 g/mol. The predicted octanol–water partition coefficient (Wildman–Crippen LogP) is 1.39. The summed E-state index contributed by atoms with van der Waals surface area (Å²) in [5, 5.41) is 0. The van der Waals surface area contributed by atoms with Gasteiger partial charge in [-0.2, -0.15) is 0 Å². The molecule has 1 aromatic rings. The molecule has 0 saturated carbocycles. The molecular weight excluding hydrogens is 218 g/mol. The van der Waals surface area contributed by atoms with Gasteiger partial charge in [-0.05, 0) is 31.4 Å². The van der Waals surface area contributed by atoms with Crippen LogP contribution < -0.4 is 10.9 Å². The second-order valence-electron chi connectivity index (χ2n) is 4.88. The second-order valence-corrected chi connectivity index (χ2v) is 4.88. The molecule has 0 unspecified atom stereocenters. The predicted molar refractivity (Wildman–Crippen MR) is 79.6 cm³/mol. The molecular formula is C15H18B2O. The van der Waals surface area contributed by atoms with E-state index in [1.54, 1.807) is 12.2 Å². The molecule has 0 aliphatic carbocycles. The van der Waals surface area contributed by atoms with Gasteiger partial charge in [-0.25, -0.2) is 0 Å². The zero-order chi connectivity index (χ0) is 13.9. The molecule has 0 fully saturated rings. The topological polar surface area (TPSA) is 17.1 Å². The van der Waals surface area contributed by atoms with Crippen LogP contribution in [0.5, 0.6) is 0 Å². The van der Waals surface area contributed by atoms with Crippen LogP contribution in [0.4, 0.5) is 0 Å². The van der Waals surface area contributed by atoms with Gasteiger partial charge in [-0.3, -0.25) is 4.79 Å². The molecule has 90 valence electrons. The lowest BCUT2D eigenvalue weighted by molar-refractivity contribution is -0.114. The summed E-state index contributed by atoms with van der Waals surface area (Å²) in [5.41, 5.74) is 4.18. The lowest BCUT2D eigenvalue weighted by Gasteiger charge is -2.19. The van der Waals surface area contributed by atoms with Crippen molar-refractivity contribution in [2.45, 2.75) is 40.0 Å².